The average Bonchev–Trinajstić information content (AvgIpc) is 3.03. The smallest absolute Gasteiger partial charge is 0.266 e. The molecule has 9 heteroatoms. The Kier molecular flexibility index (Phi) is 9.11. The van der Waals surface area contributed by atoms with E-state index in [9.17, 15) is 4.79 Å². The zero-order chi connectivity index (χ0) is 23.1. The number of amides is 1. The summed E-state index contributed by atoms with van der Waals surface area (Å²) in [6, 6.07) is 10.9. The molecule has 1 aliphatic rings. The van der Waals surface area contributed by atoms with Crippen LogP contribution in [0.1, 0.15) is 25.8 Å². The third-order valence-electron chi connectivity index (χ3n) is 4.45. The topological polar surface area (TPSA) is 48.0 Å². The zero-order valence-corrected chi connectivity index (χ0v) is 20.9. The Balaban J connectivity index is 1.66. The van der Waals surface area contributed by atoms with Gasteiger partial charge in [-0.1, -0.05) is 59.3 Å². The Morgan fingerprint density at radius 3 is 2.47 bits per heavy atom. The Hall–Kier alpha value is -1.93. The van der Waals surface area contributed by atoms with Crippen molar-refractivity contribution >= 4 is 63.5 Å². The van der Waals surface area contributed by atoms with Crippen molar-refractivity contribution in [1.29, 1.82) is 0 Å². The van der Waals surface area contributed by atoms with Gasteiger partial charge in [-0.3, -0.25) is 9.69 Å². The molecule has 0 aliphatic carbocycles. The molecule has 0 radical (unpaired) electrons. The summed E-state index contributed by atoms with van der Waals surface area (Å²) >= 11 is 19.1. The van der Waals surface area contributed by atoms with Crippen molar-refractivity contribution in [1.82, 2.24) is 4.90 Å². The third kappa shape index (κ3) is 6.10. The molecular weight excluding hydrogens is 489 g/mol. The van der Waals surface area contributed by atoms with Crippen molar-refractivity contribution in [3.8, 4) is 17.2 Å². The van der Waals surface area contributed by atoms with E-state index >= 15 is 0 Å². The first-order chi connectivity index (χ1) is 15.4. The summed E-state index contributed by atoms with van der Waals surface area (Å²) in [5.74, 6) is 1.52. The van der Waals surface area contributed by atoms with Crippen LogP contribution >= 0.6 is 47.2 Å². The van der Waals surface area contributed by atoms with Crippen LogP contribution in [0.4, 0.5) is 0 Å². The number of halogens is 2. The minimum Gasteiger partial charge on any atom is -0.492 e. The number of carbonyl (C=O) groups is 1. The molecule has 0 N–H and O–H groups in total. The Labute approximate surface area is 207 Å². The second kappa shape index (κ2) is 11.8. The summed E-state index contributed by atoms with van der Waals surface area (Å²) in [7, 11) is 0. The van der Waals surface area contributed by atoms with Crippen LogP contribution in [0, 0.1) is 0 Å². The van der Waals surface area contributed by atoms with E-state index in [1.54, 1.807) is 23.1 Å². The fraction of sp³-hybridized carbons (Fsp3) is 0.304. The predicted octanol–water partition coefficient (Wildman–Crippen LogP) is 6.46. The van der Waals surface area contributed by atoms with Gasteiger partial charge in [0.15, 0.2) is 11.5 Å². The maximum absolute atomic E-state index is 12.5. The molecule has 3 rings (SSSR count). The van der Waals surface area contributed by atoms with Crippen LogP contribution in [0.15, 0.2) is 41.3 Å². The second-order valence-corrected chi connectivity index (χ2v) is 9.16. The highest BCUT2D eigenvalue weighted by Crippen LogP contribution is 2.39. The summed E-state index contributed by atoms with van der Waals surface area (Å²) in [6.07, 6.45) is 2.40. The van der Waals surface area contributed by atoms with Crippen molar-refractivity contribution in [2.45, 2.75) is 20.3 Å². The number of thiocarbonyl (C=S) groups is 1. The van der Waals surface area contributed by atoms with Crippen molar-refractivity contribution in [3.63, 3.8) is 0 Å². The molecule has 0 unspecified atom stereocenters. The number of ether oxygens (including phenoxy) is 3. The van der Waals surface area contributed by atoms with E-state index in [4.69, 9.17) is 49.6 Å². The molecule has 1 heterocycles. The molecule has 1 amide bonds. The fourth-order valence-corrected chi connectivity index (χ4v) is 4.82. The highest BCUT2D eigenvalue weighted by molar-refractivity contribution is 8.26. The van der Waals surface area contributed by atoms with Gasteiger partial charge < -0.3 is 14.2 Å². The van der Waals surface area contributed by atoms with E-state index < -0.39 is 0 Å². The van der Waals surface area contributed by atoms with Gasteiger partial charge in [0, 0.05) is 13.0 Å². The number of hydrogen-bond donors (Lipinski definition) is 0. The minimum absolute atomic E-state index is 0.101. The van der Waals surface area contributed by atoms with Crippen LogP contribution in [0.5, 0.6) is 17.2 Å². The number of hydrogen-bond acceptors (Lipinski definition) is 6. The summed E-state index contributed by atoms with van der Waals surface area (Å²) in [5.41, 5.74) is 0.740. The number of para-hydroxylation sites is 1. The molecule has 170 valence electrons. The van der Waals surface area contributed by atoms with Crippen LogP contribution in [0.3, 0.4) is 0 Å². The van der Waals surface area contributed by atoms with Gasteiger partial charge in [0.25, 0.3) is 5.91 Å². The van der Waals surface area contributed by atoms with Crippen LogP contribution < -0.4 is 14.2 Å². The summed E-state index contributed by atoms with van der Waals surface area (Å²) in [5, 5.41) is 0.974. The largest absolute Gasteiger partial charge is 0.492 e. The standard InChI is InChI=1S/C23H23Cl2NO4S2/c1-3-26-22(27)20(32-23(26)31)14-15-12-17(25)21(19(13-15)28-4-2)30-11-7-10-29-18-9-6-5-8-16(18)24/h5-6,8-9,12-14H,3-4,7,10-11H2,1-2H3/b20-14+. The van der Waals surface area contributed by atoms with Gasteiger partial charge in [0.1, 0.15) is 10.1 Å². The predicted molar refractivity (Wildman–Crippen MR) is 135 cm³/mol. The van der Waals surface area contributed by atoms with Gasteiger partial charge in [0.2, 0.25) is 0 Å². The lowest BCUT2D eigenvalue weighted by Gasteiger charge is -2.15. The lowest BCUT2D eigenvalue weighted by Crippen LogP contribution is -2.27. The highest BCUT2D eigenvalue weighted by Gasteiger charge is 2.30. The van der Waals surface area contributed by atoms with Gasteiger partial charge in [-0.05, 0) is 49.8 Å². The molecule has 1 fully saturated rings. The number of thioether (sulfide) groups is 1. The number of likely N-dealkylation sites (N-methyl/N-ethyl adjacent to an activating group) is 1. The molecule has 0 spiro atoms. The van der Waals surface area contributed by atoms with E-state index in [0.717, 1.165) is 5.56 Å². The Morgan fingerprint density at radius 2 is 1.78 bits per heavy atom. The van der Waals surface area contributed by atoms with Crippen LogP contribution in [-0.2, 0) is 4.79 Å². The SMILES string of the molecule is CCOc1cc(/C=C2/SC(=S)N(CC)C2=O)cc(Cl)c1OCCCOc1ccccc1Cl. The number of nitrogens with zero attached hydrogens (tertiary/aromatic N) is 1. The fourth-order valence-electron chi connectivity index (χ4n) is 2.98. The normalized spacial score (nSPS) is 14.9. The summed E-state index contributed by atoms with van der Waals surface area (Å²) in [6.45, 7) is 5.60. The molecule has 5 nitrogen and oxygen atoms in total. The van der Waals surface area contributed by atoms with Gasteiger partial charge in [-0.15, -0.1) is 0 Å². The maximum atomic E-state index is 12.5. The molecule has 2 aromatic carbocycles. The number of carbonyl (C=O) groups excluding carboxylic acids is 1. The van der Waals surface area contributed by atoms with Crippen molar-refractivity contribution in [2.75, 3.05) is 26.4 Å². The van der Waals surface area contributed by atoms with E-state index in [2.05, 4.69) is 0 Å². The zero-order valence-electron chi connectivity index (χ0n) is 17.7. The van der Waals surface area contributed by atoms with Gasteiger partial charge in [-0.2, -0.15) is 0 Å². The third-order valence-corrected chi connectivity index (χ3v) is 6.42. The molecule has 1 aliphatic heterocycles. The average molecular weight is 512 g/mol. The molecule has 0 bridgehead atoms. The second-order valence-electron chi connectivity index (χ2n) is 6.67. The number of rotatable bonds is 10. The van der Waals surface area contributed by atoms with Gasteiger partial charge in [0.05, 0.1) is 34.8 Å². The van der Waals surface area contributed by atoms with Crippen molar-refractivity contribution in [2.24, 2.45) is 0 Å². The molecule has 2 aromatic rings. The first kappa shape index (κ1) is 24.7. The summed E-state index contributed by atoms with van der Waals surface area (Å²) < 4.78 is 17.9. The highest BCUT2D eigenvalue weighted by atomic mass is 35.5. The lowest BCUT2D eigenvalue weighted by atomic mass is 10.1. The molecule has 1 saturated heterocycles. The van der Waals surface area contributed by atoms with E-state index in [-0.39, 0.29) is 5.91 Å². The molecule has 0 aromatic heterocycles. The maximum Gasteiger partial charge on any atom is 0.266 e. The van der Waals surface area contributed by atoms with E-state index in [1.165, 1.54) is 11.8 Å². The minimum atomic E-state index is -0.101. The first-order valence-corrected chi connectivity index (χ1v) is 12.1. The van der Waals surface area contributed by atoms with Crippen LogP contribution in [0.25, 0.3) is 6.08 Å². The lowest BCUT2D eigenvalue weighted by molar-refractivity contribution is -0.121. The number of benzene rings is 2. The van der Waals surface area contributed by atoms with Crippen LogP contribution in [0.2, 0.25) is 10.0 Å². The molecule has 0 atom stereocenters. The van der Waals surface area contributed by atoms with E-state index in [1.807, 2.05) is 38.1 Å². The first-order valence-electron chi connectivity index (χ1n) is 10.2. The monoisotopic (exact) mass is 511 g/mol. The molecular formula is C23H23Cl2NO4S2. The molecule has 0 saturated carbocycles. The Morgan fingerprint density at radius 1 is 1.03 bits per heavy atom. The molecule has 32 heavy (non-hydrogen) atoms. The van der Waals surface area contributed by atoms with E-state index in [0.29, 0.717) is 69.3 Å². The van der Waals surface area contributed by atoms with Gasteiger partial charge in [-0.25, -0.2) is 0 Å². The van der Waals surface area contributed by atoms with Gasteiger partial charge >= 0.3 is 0 Å². The summed E-state index contributed by atoms with van der Waals surface area (Å²) in [4.78, 5) is 14.6. The quantitative estimate of drug-likeness (QED) is 0.207. The Bertz CT molecular complexity index is 1030. The van der Waals surface area contributed by atoms with Crippen LogP contribution in [-0.4, -0.2) is 41.5 Å². The van der Waals surface area contributed by atoms with Crippen molar-refractivity contribution in [3.05, 3.63) is 56.9 Å². The van der Waals surface area contributed by atoms with Crippen molar-refractivity contribution < 1.29 is 19.0 Å².